The number of ether oxygens (including phenoxy) is 5. The summed E-state index contributed by atoms with van der Waals surface area (Å²) in [6.07, 6.45) is 5.78. The minimum Gasteiger partial charge on any atom is -0.457 e. The second kappa shape index (κ2) is 19.2. The Hall–Kier alpha value is -5.29. The number of amides is 3. The van der Waals surface area contributed by atoms with Gasteiger partial charge in [0.05, 0.1) is 61.9 Å². The Morgan fingerprint density at radius 3 is 1.98 bits per heavy atom. The molecule has 4 aromatic rings. The van der Waals surface area contributed by atoms with E-state index in [0.717, 1.165) is 54.0 Å². The molecule has 0 radical (unpaired) electrons. The normalized spacial score (nSPS) is 18.9. The zero-order chi connectivity index (χ0) is 40.5. The fourth-order valence-electron chi connectivity index (χ4n) is 7.66. The molecule has 306 valence electrons. The predicted octanol–water partition coefficient (Wildman–Crippen LogP) is 5.33. The summed E-state index contributed by atoms with van der Waals surface area (Å²) < 4.78 is 27.3. The number of nitrogens with zero attached hydrogens (tertiary/aromatic N) is 4. The van der Waals surface area contributed by atoms with Gasteiger partial charge in [0.1, 0.15) is 35.2 Å². The molecule has 3 amide bonds. The van der Waals surface area contributed by atoms with Crippen molar-refractivity contribution in [3.8, 4) is 34.0 Å². The molecule has 6 atom stereocenters. The van der Waals surface area contributed by atoms with Crippen LogP contribution in [0.2, 0.25) is 0 Å². The van der Waals surface area contributed by atoms with Crippen molar-refractivity contribution in [2.24, 2.45) is 0 Å². The number of likely N-dealkylation sites (tertiary alicyclic amines) is 2. The third-order valence-corrected chi connectivity index (χ3v) is 10.8. The maximum atomic E-state index is 13.8. The summed E-state index contributed by atoms with van der Waals surface area (Å²) >= 11 is 0. The topological polar surface area (TPSA) is 185 Å². The fourth-order valence-corrected chi connectivity index (χ4v) is 7.66. The molecule has 0 aliphatic carbocycles. The molecule has 2 saturated heterocycles. The molecule has 2 aliphatic rings. The van der Waals surface area contributed by atoms with Crippen molar-refractivity contribution in [2.45, 2.75) is 82.3 Å². The van der Waals surface area contributed by atoms with Gasteiger partial charge < -0.3 is 48.8 Å². The average molecular weight is 787 g/mol. The molecule has 2 fully saturated rings. The van der Waals surface area contributed by atoms with E-state index in [1.165, 1.54) is 14.2 Å². The Balaban J connectivity index is 1.10. The number of methoxy groups -OCH3 is 4. The van der Waals surface area contributed by atoms with Crippen LogP contribution in [0.25, 0.3) is 22.5 Å². The summed E-state index contributed by atoms with van der Waals surface area (Å²) in [6.45, 7) is 5.18. The summed E-state index contributed by atoms with van der Waals surface area (Å²) in [4.78, 5) is 59.4. The molecular formula is C41H54N8O8. The zero-order valence-corrected chi connectivity index (χ0v) is 33.4. The van der Waals surface area contributed by atoms with Gasteiger partial charge >= 0.3 is 6.09 Å². The minimum absolute atomic E-state index is 0.0410. The molecule has 16 nitrogen and oxygen atoms in total. The highest BCUT2D eigenvalue weighted by Gasteiger charge is 2.40. The Bertz CT molecular complexity index is 1950. The van der Waals surface area contributed by atoms with Crippen molar-refractivity contribution in [1.82, 2.24) is 40.4 Å². The first-order chi connectivity index (χ1) is 27.7. The van der Waals surface area contributed by atoms with E-state index in [2.05, 4.69) is 30.6 Å². The van der Waals surface area contributed by atoms with E-state index in [4.69, 9.17) is 23.7 Å². The molecule has 0 bridgehead atoms. The lowest BCUT2D eigenvalue weighted by molar-refractivity contribution is -0.139. The number of alkyl carbamates (subject to hydrolysis) is 1. The van der Waals surface area contributed by atoms with Crippen LogP contribution in [0.3, 0.4) is 0 Å². The molecule has 2 aromatic heterocycles. The summed E-state index contributed by atoms with van der Waals surface area (Å²) in [6, 6.07) is 13.6. The van der Waals surface area contributed by atoms with Gasteiger partial charge in [0.15, 0.2) is 0 Å². The van der Waals surface area contributed by atoms with Crippen molar-refractivity contribution >= 4 is 17.9 Å². The van der Waals surface area contributed by atoms with Crippen LogP contribution in [0.15, 0.2) is 60.9 Å². The van der Waals surface area contributed by atoms with E-state index in [1.807, 2.05) is 67.3 Å². The quantitative estimate of drug-likeness (QED) is 0.101. The number of rotatable bonds is 17. The van der Waals surface area contributed by atoms with Crippen molar-refractivity contribution < 1.29 is 38.1 Å². The number of carbonyl (C=O) groups is 3. The summed E-state index contributed by atoms with van der Waals surface area (Å²) in [5.74, 6) is 2.43. The van der Waals surface area contributed by atoms with Crippen molar-refractivity contribution in [3.63, 3.8) is 0 Å². The molecule has 2 aromatic carbocycles. The second-order valence-electron chi connectivity index (χ2n) is 14.2. The Kier molecular flexibility index (Phi) is 14.0. The standard InChI is InChI=1S/C41H54N8O8/c1-7-34(55-5)36(47-41(52)56-6)40(51)49-20-10-14-33(49)38-43-23-31(46-38)27-11-8-12-29(21-27)57-28-17-15-26(16-18-28)30-22-42-37(45-30)32-13-9-19-48(32)39(50)35(25(2)54-4)44-24-53-3/h8,11-12,15-18,21-23,25,32-36,44H,7,9-10,13-14,19-20,24H2,1-6H3,(H,42,45)(H,43,46)(H,47,52). The summed E-state index contributed by atoms with van der Waals surface area (Å²) in [5.41, 5.74) is 3.43. The van der Waals surface area contributed by atoms with E-state index >= 15 is 0 Å². The summed E-state index contributed by atoms with van der Waals surface area (Å²) in [5, 5.41) is 5.82. The molecule has 4 heterocycles. The van der Waals surface area contributed by atoms with E-state index in [-0.39, 0.29) is 36.7 Å². The van der Waals surface area contributed by atoms with Crippen LogP contribution in [0.1, 0.15) is 69.7 Å². The minimum atomic E-state index is -0.893. The molecule has 2 aliphatic heterocycles. The van der Waals surface area contributed by atoms with Gasteiger partial charge in [-0.05, 0) is 81.0 Å². The first-order valence-corrected chi connectivity index (χ1v) is 19.4. The van der Waals surface area contributed by atoms with E-state index in [0.29, 0.717) is 36.8 Å². The van der Waals surface area contributed by atoms with Crippen LogP contribution in [0.4, 0.5) is 4.79 Å². The number of carbonyl (C=O) groups excluding carboxylic acids is 3. The maximum absolute atomic E-state index is 13.8. The van der Waals surface area contributed by atoms with Crippen molar-refractivity contribution in [2.75, 3.05) is 48.3 Å². The molecule has 0 saturated carbocycles. The van der Waals surface area contributed by atoms with Crippen LogP contribution >= 0.6 is 0 Å². The summed E-state index contributed by atoms with van der Waals surface area (Å²) in [7, 11) is 5.97. The Labute approximate surface area is 333 Å². The zero-order valence-electron chi connectivity index (χ0n) is 33.4. The molecule has 4 N–H and O–H groups in total. The maximum Gasteiger partial charge on any atom is 0.407 e. The largest absolute Gasteiger partial charge is 0.457 e. The van der Waals surface area contributed by atoms with Gasteiger partial charge in [-0.3, -0.25) is 14.9 Å². The van der Waals surface area contributed by atoms with Crippen LogP contribution < -0.4 is 15.4 Å². The first kappa shape index (κ1) is 41.3. The lowest BCUT2D eigenvalue weighted by Crippen LogP contribution is -2.54. The van der Waals surface area contributed by atoms with Gasteiger partial charge in [0.25, 0.3) is 0 Å². The van der Waals surface area contributed by atoms with Crippen molar-refractivity contribution in [1.29, 1.82) is 0 Å². The molecule has 6 unspecified atom stereocenters. The second-order valence-corrected chi connectivity index (χ2v) is 14.2. The Morgan fingerprint density at radius 2 is 1.42 bits per heavy atom. The third-order valence-electron chi connectivity index (χ3n) is 10.8. The highest BCUT2D eigenvalue weighted by Crippen LogP contribution is 2.35. The molecule has 0 spiro atoms. The van der Waals surface area contributed by atoms with Crippen molar-refractivity contribution in [3.05, 3.63) is 72.6 Å². The number of aromatic nitrogens is 4. The molecule has 6 rings (SSSR count). The van der Waals surface area contributed by atoms with Gasteiger partial charge in [-0.2, -0.15) is 0 Å². The van der Waals surface area contributed by atoms with Crippen LogP contribution in [-0.2, 0) is 28.5 Å². The van der Waals surface area contributed by atoms with Gasteiger partial charge in [-0.25, -0.2) is 14.8 Å². The number of hydrogen-bond acceptors (Lipinski definition) is 11. The number of aromatic amines is 2. The lowest BCUT2D eigenvalue weighted by atomic mass is 10.1. The van der Waals surface area contributed by atoms with Gasteiger partial charge in [0.2, 0.25) is 11.8 Å². The lowest BCUT2D eigenvalue weighted by Gasteiger charge is -2.31. The monoisotopic (exact) mass is 786 g/mol. The first-order valence-electron chi connectivity index (χ1n) is 19.4. The van der Waals surface area contributed by atoms with E-state index in [1.54, 1.807) is 31.5 Å². The van der Waals surface area contributed by atoms with Crippen LogP contribution in [-0.4, -0.2) is 120 Å². The van der Waals surface area contributed by atoms with E-state index < -0.39 is 24.3 Å². The molecular weight excluding hydrogens is 732 g/mol. The molecule has 16 heteroatoms. The number of benzene rings is 2. The highest BCUT2D eigenvalue weighted by atomic mass is 16.5. The SMILES string of the molecule is CCC(OC)C(NC(=O)OC)C(=O)N1CCCC1c1ncc(-c2cccc(Oc3ccc(-c4cnc(C5CCCN5C(=O)C(NCOC)C(C)OC)[nH]4)cc3)c2)[nH]1. The average Bonchev–Trinajstić information content (AvgIpc) is 4.08. The fraction of sp³-hybridized carbons (Fsp3) is 0.488. The van der Waals surface area contributed by atoms with Crippen LogP contribution in [0, 0.1) is 0 Å². The van der Waals surface area contributed by atoms with Crippen LogP contribution in [0.5, 0.6) is 11.5 Å². The smallest absolute Gasteiger partial charge is 0.407 e. The molecule has 57 heavy (non-hydrogen) atoms. The van der Waals surface area contributed by atoms with Gasteiger partial charge in [-0.1, -0.05) is 19.1 Å². The van der Waals surface area contributed by atoms with E-state index in [9.17, 15) is 14.4 Å². The number of imidazole rings is 2. The predicted molar refractivity (Wildman–Crippen MR) is 211 cm³/mol. The number of hydrogen-bond donors (Lipinski definition) is 4. The van der Waals surface area contributed by atoms with Gasteiger partial charge in [0, 0.05) is 40.0 Å². The van der Waals surface area contributed by atoms with Gasteiger partial charge in [-0.15, -0.1) is 0 Å². The number of H-pyrrole nitrogens is 2. The highest BCUT2D eigenvalue weighted by molar-refractivity contribution is 5.87. The third kappa shape index (κ3) is 9.47. The number of nitrogens with one attached hydrogen (secondary N) is 4. The Morgan fingerprint density at radius 1 is 0.807 bits per heavy atom.